The molecule has 1 aromatic carbocycles. The largest absolute Gasteiger partial charge is 0.352 e. The Balaban J connectivity index is 1.61. The molecular weight excluding hydrogens is 408 g/mol. The lowest BCUT2D eigenvalue weighted by Crippen LogP contribution is -2.53. The van der Waals surface area contributed by atoms with Crippen molar-refractivity contribution >= 4 is 27.1 Å². The van der Waals surface area contributed by atoms with Crippen LogP contribution in [0.1, 0.15) is 24.4 Å². The van der Waals surface area contributed by atoms with Gasteiger partial charge in [-0.1, -0.05) is 12.1 Å². The first-order valence-corrected chi connectivity index (χ1v) is 12.1. The molecule has 1 aromatic heterocycles. The number of amides is 1. The van der Waals surface area contributed by atoms with Crippen molar-refractivity contribution in [3.8, 4) is 0 Å². The Hall–Kier alpha value is -2.48. The minimum absolute atomic E-state index is 0.0136. The van der Waals surface area contributed by atoms with Gasteiger partial charge in [-0.05, 0) is 58.1 Å². The Kier molecular flexibility index (Phi) is 5.77. The minimum atomic E-state index is -2.08. The zero-order chi connectivity index (χ0) is 21.3. The summed E-state index contributed by atoms with van der Waals surface area (Å²) in [7, 11) is -2.08. The number of anilines is 1. The van der Waals surface area contributed by atoms with E-state index in [9.17, 15) is 17.8 Å². The zero-order valence-electron chi connectivity index (χ0n) is 16.7. The predicted octanol–water partition coefficient (Wildman–Crippen LogP) is 2.88. The molecule has 2 aliphatic rings. The standard InChI is InChI=1S/C22H25F2N3O2S/c1-30(29)12-7-16(8-13-30)22(28)27-11-10-26(21-4-2-3-9-25-21)15-20(27)17-5-6-18(23)19(24)14-17/h2-6,9,14,16,20H,1,7-8,10-13,15H2. The smallest absolute Gasteiger partial charge is 0.226 e. The molecule has 1 amide bonds. The molecule has 1 unspecified atom stereocenters. The molecule has 1 atom stereocenters. The second kappa shape index (κ2) is 8.34. The van der Waals surface area contributed by atoms with Gasteiger partial charge in [0.15, 0.2) is 11.6 Å². The van der Waals surface area contributed by atoms with Crippen LogP contribution in [-0.4, -0.2) is 57.0 Å². The van der Waals surface area contributed by atoms with E-state index in [1.807, 2.05) is 18.2 Å². The normalized spacial score (nSPS) is 27.1. The molecular formula is C22H25F2N3O2S. The average Bonchev–Trinajstić information content (AvgIpc) is 2.75. The van der Waals surface area contributed by atoms with E-state index in [0.717, 1.165) is 11.9 Å². The zero-order valence-corrected chi connectivity index (χ0v) is 17.5. The van der Waals surface area contributed by atoms with E-state index in [2.05, 4.69) is 15.8 Å². The fourth-order valence-electron chi connectivity index (χ4n) is 4.24. The fourth-order valence-corrected chi connectivity index (χ4v) is 5.87. The van der Waals surface area contributed by atoms with Crippen molar-refractivity contribution in [1.29, 1.82) is 0 Å². The van der Waals surface area contributed by atoms with Gasteiger partial charge in [-0.15, -0.1) is 0 Å². The highest BCUT2D eigenvalue weighted by Crippen LogP contribution is 2.32. The Bertz CT molecular complexity index is 1020. The number of halogens is 2. The first-order chi connectivity index (χ1) is 14.3. The van der Waals surface area contributed by atoms with Gasteiger partial charge in [-0.25, -0.2) is 13.8 Å². The van der Waals surface area contributed by atoms with Crippen LogP contribution in [0, 0.1) is 17.6 Å². The third kappa shape index (κ3) is 4.33. The number of carbonyl (C=O) groups is 1. The maximum Gasteiger partial charge on any atom is 0.226 e. The van der Waals surface area contributed by atoms with E-state index in [-0.39, 0.29) is 11.8 Å². The summed E-state index contributed by atoms with van der Waals surface area (Å²) in [6, 6.07) is 9.01. The summed E-state index contributed by atoms with van der Waals surface area (Å²) < 4.78 is 39.7. The average molecular weight is 434 g/mol. The molecule has 2 saturated heterocycles. The third-order valence-corrected chi connectivity index (χ3v) is 7.95. The molecule has 0 bridgehead atoms. The fraction of sp³-hybridized carbons (Fsp3) is 0.409. The van der Waals surface area contributed by atoms with Gasteiger partial charge < -0.3 is 9.80 Å². The molecule has 0 N–H and O–H groups in total. The van der Waals surface area contributed by atoms with Gasteiger partial charge in [0.2, 0.25) is 5.91 Å². The molecule has 0 radical (unpaired) electrons. The van der Waals surface area contributed by atoms with Crippen molar-refractivity contribution in [2.24, 2.45) is 5.92 Å². The van der Waals surface area contributed by atoms with Crippen LogP contribution in [0.4, 0.5) is 14.6 Å². The molecule has 0 spiro atoms. The molecule has 3 heterocycles. The van der Waals surface area contributed by atoms with Gasteiger partial charge in [0.05, 0.1) is 6.04 Å². The van der Waals surface area contributed by atoms with Crippen molar-refractivity contribution < 1.29 is 17.8 Å². The molecule has 2 aromatic rings. The Morgan fingerprint density at radius 2 is 1.87 bits per heavy atom. The molecule has 8 heteroatoms. The topological polar surface area (TPSA) is 53.5 Å². The van der Waals surface area contributed by atoms with Gasteiger partial charge >= 0.3 is 0 Å². The van der Waals surface area contributed by atoms with Crippen LogP contribution < -0.4 is 4.90 Å². The van der Waals surface area contributed by atoms with Crippen LogP contribution in [0.25, 0.3) is 0 Å². The van der Waals surface area contributed by atoms with Crippen LogP contribution in [0.5, 0.6) is 0 Å². The van der Waals surface area contributed by atoms with Crippen molar-refractivity contribution in [3.63, 3.8) is 0 Å². The van der Waals surface area contributed by atoms with Crippen LogP contribution in [0.2, 0.25) is 0 Å². The van der Waals surface area contributed by atoms with Crippen LogP contribution >= 0.6 is 0 Å². The highest BCUT2D eigenvalue weighted by atomic mass is 32.2. The van der Waals surface area contributed by atoms with Gasteiger partial charge in [0.25, 0.3) is 0 Å². The molecule has 4 rings (SSSR count). The second-order valence-corrected chi connectivity index (χ2v) is 10.8. The van der Waals surface area contributed by atoms with Crippen LogP contribution in [-0.2, 0) is 14.3 Å². The highest BCUT2D eigenvalue weighted by Gasteiger charge is 2.37. The van der Waals surface area contributed by atoms with Crippen molar-refractivity contribution in [3.05, 3.63) is 59.8 Å². The summed E-state index contributed by atoms with van der Waals surface area (Å²) in [6.45, 7) is 1.49. The van der Waals surface area contributed by atoms with Crippen LogP contribution in [0.3, 0.4) is 0 Å². The number of carbonyl (C=O) groups excluding carboxylic acids is 1. The maximum atomic E-state index is 14.0. The summed E-state index contributed by atoms with van der Waals surface area (Å²) in [4.78, 5) is 21.6. The summed E-state index contributed by atoms with van der Waals surface area (Å²) in [5, 5.41) is 0. The van der Waals surface area contributed by atoms with E-state index in [1.165, 1.54) is 12.1 Å². The third-order valence-electron chi connectivity index (χ3n) is 5.99. The monoisotopic (exact) mass is 433 g/mol. The number of benzene rings is 1. The van der Waals surface area contributed by atoms with E-state index >= 15 is 0 Å². The first-order valence-electron chi connectivity index (χ1n) is 10.1. The lowest BCUT2D eigenvalue weighted by molar-refractivity contribution is -0.138. The van der Waals surface area contributed by atoms with E-state index in [1.54, 1.807) is 11.1 Å². The van der Waals surface area contributed by atoms with Gasteiger partial charge in [-0.3, -0.25) is 9.00 Å². The molecule has 30 heavy (non-hydrogen) atoms. The number of hydrogen-bond donors (Lipinski definition) is 0. The van der Waals surface area contributed by atoms with Crippen LogP contribution in [0.15, 0.2) is 42.6 Å². The summed E-state index contributed by atoms with van der Waals surface area (Å²) >= 11 is 0. The first kappa shape index (κ1) is 20.8. The number of nitrogens with zero attached hydrogens (tertiary/aromatic N) is 3. The number of pyridine rings is 1. The van der Waals surface area contributed by atoms with Crippen molar-refractivity contribution in [1.82, 2.24) is 9.88 Å². The molecule has 2 fully saturated rings. The van der Waals surface area contributed by atoms with Crippen molar-refractivity contribution in [2.75, 3.05) is 36.0 Å². The summed E-state index contributed by atoms with van der Waals surface area (Å²) in [5.74, 6) is 3.40. The molecule has 5 nitrogen and oxygen atoms in total. The lowest BCUT2D eigenvalue weighted by atomic mass is 9.96. The SMILES string of the molecule is C=S1(=O)CCC(C(=O)N2CCN(c3ccccn3)CC2c2ccc(F)c(F)c2)CC1. The van der Waals surface area contributed by atoms with Crippen molar-refractivity contribution in [2.45, 2.75) is 18.9 Å². The van der Waals surface area contributed by atoms with E-state index in [0.29, 0.717) is 49.5 Å². The Morgan fingerprint density at radius 3 is 2.53 bits per heavy atom. The number of aromatic nitrogens is 1. The Morgan fingerprint density at radius 1 is 1.10 bits per heavy atom. The maximum absolute atomic E-state index is 14.0. The van der Waals surface area contributed by atoms with Gasteiger partial charge in [0, 0.05) is 43.3 Å². The number of rotatable bonds is 3. The number of piperazine rings is 1. The quantitative estimate of drug-likeness (QED) is 0.699. The molecule has 2 aliphatic heterocycles. The predicted molar refractivity (Wildman–Crippen MR) is 115 cm³/mol. The second-order valence-electron chi connectivity index (χ2n) is 8.00. The number of hydrogen-bond acceptors (Lipinski definition) is 4. The van der Waals surface area contributed by atoms with E-state index < -0.39 is 27.2 Å². The minimum Gasteiger partial charge on any atom is -0.352 e. The van der Waals surface area contributed by atoms with Gasteiger partial charge in [0.1, 0.15) is 5.82 Å². The summed E-state index contributed by atoms with van der Waals surface area (Å²) in [6.07, 6.45) is 2.80. The Labute approximate surface area is 175 Å². The van der Waals surface area contributed by atoms with E-state index in [4.69, 9.17) is 0 Å². The molecule has 0 aliphatic carbocycles. The lowest BCUT2D eigenvalue weighted by Gasteiger charge is -2.44. The molecule has 160 valence electrons. The molecule has 0 saturated carbocycles. The summed E-state index contributed by atoms with van der Waals surface area (Å²) in [5.41, 5.74) is 0.555. The highest BCUT2D eigenvalue weighted by molar-refractivity contribution is 8.00. The van der Waals surface area contributed by atoms with Gasteiger partial charge in [-0.2, -0.15) is 0 Å².